The summed E-state index contributed by atoms with van der Waals surface area (Å²) in [6, 6.07) is -0.230. The first-order chi connectivity index (χ1) is 8.31. The van der Waals surface area contributed by atoms with Gasteiger partial charge in [0.25, 0.3) is 0 Å². The van der Waals surface area contributed by atoms with Crippen molar-refractivity contribution in [1.82, 2.24) is 5.32 Å². The van der Waals surface area contributed by atoms with Crippen LogP contribution in [0.3, 0.4) is 0 Å². The first-order valence-corrected chi connectivity index (χ1v) is 6.73. The second kappa shape index (κ2) is 8.75. The summed E-state index contributed by atoms with van der Waals surface area (Å²) >= 11 is 0. The topological polar surface area (TPSA) is 21.3 Å². The second-order valence-corrected chi connectivity index (χ2v) is 4.88. The van der Waals surface area contributed by atoms with Crippen LogP contribution in [-0.4, -0.2) is 31.5 Å². The normalized spacial score (nSPS) is 16.0. The average Bonchev–Trinajstić information content (AvgIpc) is 2.25. The Hall–Kier alpha value is -0.290. The molecule has 0 aromatic carbocycles. The van der Waals surface area contributed by atoms with E-state index in [0.29, 0.717) is 6.61 Å². The van der Waals surface area contributed by atoms with Crippen LogP contribution in [0.15, 0.2) is 0 Å². The Labute approximate surface area is 108 Å². The Balaban J connectivity index is 4.50. The Kier molecular flexibility index (Phi) is 8.61. The van der Waals surface area contributed by atoms with Crippen molar-refractivity contribution in [2.45, 2.75) is 65.3 Å². The molecule has 0 aliphatic rings. The molecule has 0 bridgehead atoms. The molecule has 0 radical (unpaired) electrons. The molecule has 0 heterocycles. The summed E-state index contributed by atoms with van der Waals surface area (Å²) in [6.45, 7) is 9.08. The molecule has 2 nitrogen and oxygen atoms in total. The number of alkyl halides is 3. The standard InChI is InChI=1S/C13H26F3NO/c1-5-9-17-11(7-8-13(14,15)16)12(10(3)4)18-6-2/h10-12,17H,5-9H2,1-4H3. The average molecular weight is 269 g/mol. The van der Waals surface area contributed by atoms with Gasteiger partial charge in [-0.15, -0.1) is 0 Å². The molecular weight excluding hydrogens is 243 g/mol. The van der Waals surface area contributed by atoms with Crippen LogP contribution < -0.4 is 5.32 Å². The highest BCUT2D eigenvalue weighted by molar-refractivity contribution is 4.80. The van der Waals surface area contributed by atoms with Gasteiger partial charge in [0.05, 0.1) is 6.10 Å². The van der Waals surface area contributed by atoms with Crippen LogP contribution >= 0.6 is 0 Å². The lowest BCUT2D eigenvalue weighted by molar-refractivity contribution is -0.139. The van der Waals surface area contributed by atoms with E-state index in [1.807, 2.05) is 27.7 Å². The third-order valence-electron chi connectivity index (χ3n) is 2.81. The van der Waals surface area contributed by atoms with Crippen molar-refractivity contribution in [2.24, 2.45) is 5.92 Å². The van der Waals surface area contributed by atoms with Gasteiger partial charge in [0, 0.05) is 19.1 Å². The maximum atomic E-state index is 12.3. The SMILES string of the molecule is CCCNC(CCC(F)(F)F)C(OCC)C(C)C. The Morgan fingerprint density at radius 3 is 2.17 bits per heavy atom. The smallest absolute Gasteiger partial charge is 0.377 e. The predicted octanol–water partition coefficient (Wildman–Crippen LogP) is 3.76. The highest BCUT2D eigenvalue weighted by Crippen LogP contribution is 2.25. The number of hydrogen-bond acceptors (Lipinski definition) is 2. The Bertz CT molecular complexity index is 207. The van der Waals surface area contributed by atoms with E-state index in [1.165, 1.54) is 0 Å². The zero-order chi connectivity index (χ0) is 14.2. The summed E-state index contributed by atoms with van der Waals surface area (Å²) in [5.74, 6) is 0.201. The van der Waals surface area contributed by atoms with Gasteiger partial charge < -0.3 is 10.1 Å². The molecule has 110 valence electrons. The van der Waals surface area contributed by atoms with Gasteiger partial charge in [-0.3, -0.25) is 0 Å². The molecule has 0 aromatic heterocycles. The molecule has 0 aliphatic heterocycles. The van der Waals surface area contributed by atoms with Crippen LogP contribution in [0, 0.1) is 5.92 Å². The van der Waals surface area contributed by atoms with E-state index in [4.69, 9.17) is 4.74 Å². The lowest BCUT2D eigenvalue weighted by Crippen LogP contribution is -2.45. The van der Waals surface area contributed by atoms with E-state index in [-0.39, 0.29) is 24.5 Å². The molecule has 0 aliphatic carbocycles. The molecule has 5 heteroatoms. The van der Waals surface area contributed by atoms with E-state index < -0.39 is 12.6 Å². The van der Waals surface area contributed by atoms with Gasteiger partial charge in [-0.2, -0.15) is 13.2 Å². The summed E-state index contributed by atoms with van der Waals surface area (Å²) in [5, 5.41) is 3.18. The van der Waals surface area contributed by atoms with Gasteiger partial charge >= 0.3 is 6.18 Å². The fourth-order valence-corrected chi connectivity index (χ4v) is 2.00. The van der Waals surface area contributed by atoms with Gasteiger partial charge in [-0.05, 0) is 32.2 Å². The van der Waals surface area contributed by atoms with Crippen LogP contribution in [-0.2, 0) is 4.74 Å². The maximum absolute atomic E-state index is 12.3. The maximum Gasteiger partial charge on any atom is 0.389 e. The van der Waals surface area contributed by atoms with Gasteiger partial charge in [-0.1, -0.05) is 20.8 Å². The molecule has 0 amide bonds. The number of nitrogens with one attached hydrogen (secondary N) is 1. The van der Waals surface area contributed by atoms with Crippen molar-refractivity contribution >= 4 is 0 Å². The molecular formula is C13H26F3NO. The molecule has 0 rings (SSSR count). The lowest BCUT2D eigenvalue weighted by atomic mass is 9.95. The number of halogens is 3. The largest absolute Gasteiger partial charge is 0.389 e. The number of rotatable bonds is 9. The molecule has 0 spiro atoms. The minimum Gasteiger partial charge on any atom is -0.377 e. The van der Waals surface area contributed by atoms with Crippen LogP contribution in [0.4, 0.5) is 13.2 Å². The first-order valence-electron chi connectivity index (χ1n) is 6.73. The van der Waals surface area contributed by atoms with E-state index >= 15 is 0 Å². The summed E-state index contributed by atoms with van der Waals surface area (Å²) in [6.07, 6.45) is -4.04. The van der Waals surface area contributed by atoms with Crippen molar-refractivity contribution in [1.29, 1.82) is 0 Å². The van der Waals surface area contributed by atoms with Crippen LogP contribution in [0.1, 0.15) is 47.0 Å². The minimum atomic E-state index is -4.10. The monoisotopic (exact) mass is 269 g/mol. The summed E-state index contributed by atoms with van der Waals surface area (Å²) in [4.78, 5) is 0. The zero-order valence-corrected chi connectivity index (χ0v) is 11.8. The third kappa shape index (κ3) is 7.93. The molecule has 18 heavy (non-hydrogen) atoms. The van der Waals surface area contributed by atoms with Gasteiger partial charge in [0.2, 0.25) is 0 Å². The molecule has 0 saturated heterocycles. The van der Waals surface area contributed by atoms with Crippen molar-refractivity contribution < 1.29 is 17.9 Å². The molecule has 1 N–H and O–H groups in total. The van der Waals surface area contributed by atoms with Gasteiger partial charge in [0.1, 0.15) is 0 Å². The molecule has 0 fully saturated rings. The van der Waals surface area contributed by atoms with Crippen LogP contribution in [0.5, 0.6) is 0 Å². The Morgan fingerprint density at radius 1 is 1.17 bits per heavy atom. The van der Waals surface area contributed by atoms with Gasteiger partial charge in [-0.25, -0.2) is 0 Å². The minimum absolute atomic E-state index is 0.0757. The van der Waals surface area contributed by atoms with Crippen LogP contribution in [0.25, 0.3) is 0 Å². The molecule has 0 saturated carbocycles. The number of hydrogen-bond donors (Lipinski definition) is 1. The van der Waals surface area contributed by atoms with E-state index in [9.17, 15) is 13.2 Å². The summed E-state index contributed by atoms with van der Waals surface area (Å²) in [5.41, 5.74) is 0. The molecule has 2 unspecified atom stereocenters. The predicted molar refractivity (Wildman–Crippen MR) is 67.6 cm³/mol. The lowest BCUT2D eigenvalue weighted by Gasteiger charge is -2.31. The number of ether oxygens (including phenoxy) is 1. The Morgan fingerprint density at radius 2 is 1.78 bits per heavy atom. The van der Waals surface area contributed by atoms with Crippen molar-refractivity contribution in [3.05, 3.63) is 0 Å². The molecule has 0 aromatic rings. The highest BCUT2D eigenvalue weighted by atomic mass is 19.4. The van der Waals surface area contributed by atoms with E-state index in [2.05, 4.69) is 5.32 Å². The fraction of sp³-hybridized carbons (Fsp3) is 1.00. The molecule has 2 atom stereocenters. The highest BCUT2D eigenvalue weighted by Gasteiger charge is 2.32. The van der Waals surface area contributed by atoms with Crippen molar-refractivity contribution in [3.63, 3.8) is 0 Å². The quantitative estimate of drug-likeness (QED) is 0.688. The van der Waals surface area contributed by atoms with Crippen molar-refractivity contribution in [3.8, 4) is 0 Å². The van der Waals surface area contributed by atoms with E-state index in [0.717, 1.165) is 13.0 Å². The summed E-state index contributed by atoms with van der Waals surface area (Å²) in [7, 11) is 0. The first kappa shape index (κ1) is 17.7. The second-order valence-electron chi connectivity index (χ2n) is 4.88. The third-order valence-corrected chi connectivity index (χ3v) is 2.81. The summed E-state index contributed by atoms with van der Waals surface area (Å²) < 4.78 is 42.6. The fourth-order valence-electron chi connectivity index (χ4n) is 2.00. The van der Waals surface area contributed by atoms with Gasteiger partial charge in [0.15, 0.2) is 0 Å². The zero-order valence-electron chi connectivity index (χ0n) is 11.8. The van der Waals surface area contributed by atoms with E-state index in [1.54, 1.807) is 0 Å². The van der Waals surface area contributed by atoms with Crippen molar-refractivity contribution in [2.75, 3.05) is 13.2 Å². The van der Waals surface area contributed by atoms with Crippen LogP contribution in [0.2, 0.25) is 0 Å².